The zero-order valence-electron chi connectivity index (χ0n) is 13.9. The highest BCUT2D eigenvalue weighted by molar-refractivity contribution is 5.31. The minimum absolute atomic E-state index is 0.633. The molecule has 0 atom stereocenters. The molecule has 2 aromatic rings. The normalized spacial score (nSPS) is 16.4. The second-order valence-electron chi connectivity index (χ2n) is 6.18. The average Bonchev–Trinajstić information content (AvgIpc) is 2.99. The van der Waals surface area contributed by atoms with Gasteiger partial charge in [0.25, 0.3) is 0 Å². The first-order valence-electron chi connectivity index (χ1n) is 8.22. The molecule has 3 rings (SSSR count). The first kappa shape index (κ1) is 15.9. The number of aryl methyl sites for hydroxylation is 1. The summed E-state index contributed by atoms with van der Waals surface area (Å²) < 4.78 is 11.1. The third-order valence-electron chi connectivity index (χ3n) is 4.56. The molecule has 0 spiro atoms. The van der Waals surface area contributed by atoms with E-state index in [1.165, 1.54) is 18.5 Å². The Morgan fingerprint density at radius 3 is 2.48 bits per heavy atom. The Labute approximate surface area is 137 Å². The van der Waals surface area contributed by atoms with Crippen LogP contribution in [0.5, 0.6) is 11.5 Å². The zero-order valence-corrected chi connectivity index (χ0v) is 13.9. The minimum atomic E-state index is 0.633. The van der Waals surface area contributed by atoms with Crippen molar-refractivity contribution >= 4 is 0 Å². The van der Waals surface area contributed by atoms with E-state index in [9.17, 15) is 0 Å². The molecule has 23 heavy (non-hydrogen) atoms. The van der Waals surface area contributed by atoms with Gasteiger partial charge in [0.15, 0.2) is 0 Å². The number of hydrogen-bond donors (Lipinski definition) is 1. The summed E-state index contributed by atoms with van der Waals surface area (Å²) in [6, 6.07) is 7.80. The lowest BCUT2D eigenvalue weighted by Crippen LogP contribution is -2.35. The molecule has 1 aromatic carbocycles. The Balaban J connectivity index is 1.41. The van der Waals surface area contributed by atoms with Gasteiger partial charge in [-0.25, -0.2) is 4.98 Å². The van der Waals surface area contributed by atoms with Gasteiger partial charge in [-0.05, 0) is 63.0 Å². The lowest BCUT2D eigenvalue weighted by Gasteiger charge is -2.31. The van der Waals surface area contributed by atoms with Crippen LogP contribution in [0.2, 0.25) is 0 Å². The maximum atomic E-state index is 5.91. The van der Waals surface area contributed by atoms with Gasteiger partial charge in [0, 0.05) is 12.2 Å². The molecule has 0 saturated carbocycles. The molecular formula is C18H25N3O2. The van der Waals surface area contributed by atoms with E-state index in [1.807, 2.05) is 24.3 Å². The molecule has 1 saturated heterocycles. The maximum absolute atomic E-state index is 5.91. The summed E-state index contributed by atoms with van der Waals surface area (Å²) in [5, 5.41) is 0. The number of aromatic amines is 1. The molecule has 0 unspecified atom stereocenters. The number of nitrogens with zero attached hydrogens (tertiary/aromatic N) is 2. The number of imidazole rings is 1. The van der Waals surface area contributed by atoms with E-state index in [4.69, 9.17) is 9.47 Å². The van der Waals surface area contributed by atoms with Crippen LogP contribution in [0.3, 0.4) is 0 Å². The number of hydrogen-bond acceptors (Lipinski definition) is 4. The smallest absolute Gasteiger partial charge is 0.119 e. The number of H-pyrrole nitrogens is 1. The fraction of sp³-hybridized carbons (Fsp3) is 0.500. The molecule has 124 valence electrons. The van der Waals surface area contributed by atoms with Gasteiger partial charge in [0.2, 0.25) is 0 Å². The van der Waals surface area contributed by atoms with E-state index in [1.54, 1.807) is 13.4 Å². The number of piperidine rings is 1. The van der Waals surface area contributed by atoms with Gasteiger partial charge in [-0.1, -0.05) is 0 Å². The van der Waals surface area contributed by atoms with Crippen LogP contribution < -0.4 is 9.47 Å². The quantitative estimate of drug-likeness (QED) is 0.890. The minimum Gasteiger partial charge on any atom is -0.497 e. The highest BCUT2D eigenvalue weighted by atomic mass is 16.5. The predicted octanol–water partition coefficient (Wildman–Crippen LogP) is 3.02. The second-order valence-corrected chi connectivity index (χ2v) is 6.18. The Hall–Kier alpha value is -2.01. The van der Waals surface area contributed by atoms with E-state index in [0.717, 1.165) is 43.4 Å². The van der Waals surface area contributed by atoms with Crippen molar-refractivity contribution in [1.82, 2.24) is 14.9 Å². The third kappa shape index (κ3) is 4.26. The summed E-state index contributed by atoms with van der Waals surface area (Å²) >= 11 is 0. The van der Waals surface area contributed by atoms with Crippen LogP contribution in [0, 0.1) is 12.8 Å². The van der Waals surface area contributed by atoms with Gasteiger partial charge in [-0.15, -0.1) is 0 Å². The van der Waals surface area contributed by atoms with Crippen molar-refractivity contribution < 1.29 is 9.47 Å². The predicted molar refractivity (Wildman–Crippen MR) is 89.8 cm³/mol. The molecule has 0 aliphatic carbocycles. The first-order valence-corrected chi connectivity index (χ1v) is 8.22. The SMILES string of the molecule is COc1ccc(OCC2CCN(Cc3nc[nH]c3C)CC2)cc1. The summed E-state index contributed by atoms with van der Waals surface area (Å²) in [6.45, 7) is 6.05. The number of aromatic nitrogens is 2. The number of benzene rings is 1. The van der Waals surface area contributed by atoms with Crippen molar-refractivity contribution in [2.24, 2.45) is 5.92 Å². The molecule has 1 N–H and O–H groups in total. The molecular weight excluding hydrogens is 290 g/mol. The molecule has 5 nitrogen and oxygen atoms in total. The molecule has 1 aliphatic heterocycles. The van der Waals surface area contributed by atoms with Crippen LogP contribution in [-0.4, -0.2) is 41.7 Å². The van der Waals surface area contributed by atoms with Crippen molar-refractivity contribution in [2.75, 3.05) is 26.8 Å². The molecule has 0 bridgehead atoms. The summed E-state index contributed by atoms with van der Waals surface area (Å²) in [5.74, 6) is 2.41. The topological polar surface area (TPSA) is 50.4 Å². The van der Waals surface area contributed by atoms with Crippen LogP contribution >= 0.6 is 0 Å². The van der Waals surface area contributed by atoms with Crippen LogP contribution in [0.4, 0.5) is 0 Å². The monoisotopic (exact) mass is 315 g/mol. The third-order valence-corrected chi connectivity index (χ3v) is 4.56. The Bertz CT molecular complexity index is 601. The van der Waals surface area contributed by atoms with Gasteiger partial charge in [-0.3, -0.25) is 4.90 Å². The van der Waals surface area contributed by atoms with Gasteiger partial charge < -0.3 is 14.5 Å². The Morgan fingerprint density at radius 2 is 1.87 bits per heavy atom. The first-order chi connectivity index (χ1) is 11.2. The van der Waals surface area contributed by atoms with Crippen molar-refractivity contribution in [1.29, 1.82) is 0 Å². The van der Waals surface area contributed by atoms with Crippen LogP contribution in [-0.2, 0) is 6.54 Å². The Kier molecular flexibility index (Phi) is 5.18. The highest BCUT2D eigenvalue weighted by Crippen LogP contribution is 2.22. The largest absolute Gasteiger partial charge is 0.497 e. The molecule has 0 radical (unpaired) electrons. The van der Waals surface area contributed by atoms with Crippen LogP contribution in [0.15, 0.2) is 30.6 Å². The number of methoxy groups -OCH3 is 1. The van der Waals surface area contributed by atoms with Crippen molar-refractivity contribution in [2.45, 2.75) is 26.3 Å². The van der Waals surface area contributed by atoms with Gasteiger partial charge in [-0.2, -0.15) is 0 Å². The number of rotatable bonds is 6. The zero-order chi connectivity index (χ0) is 16.1. The molecule has 2 heterocycles. The number of nitrogens with one attached hydrogen (secondary N) is 1. The van der Waals surface area contributed by atoms with Crippen molar-refractivity contribution in [3.63, 3.8) is 0 Å². The van der Waals surface area contributed by atoms with Gasteiger partial charge in [0.1, 0.15) is 11.5 Å². The van der Waals surface area contributed by atoms with Crippen LogP contribution in [0.1, 0.15) is 24.2 Å². The summed E-state index contributed by atoms with van der Waals surface area (Å²) in [5.41, 5.74) is 2.34. The van der Waals surface area contributed by atoms with E-state index < -0.39 is 0 Å². The van der Waals surface area contributed by atoms with E-state index >= 15 is 0 Å². The summed E-state index contributed by atoms with van der Waals surface area (Å²) in [6.07, 6.45) is 4.14. The fourth-order valence-corrected chi connectivity index (χ4v) is 2.96. The summed E-state index contributed by atoms with van der Waals surface area (Å²) in [7, 11) is 1.67. The molecule has 1 fully saturated rings. The van der Waals surface area contributed by atoms with E-state index in [0.29, 0.717) is 5.92 Å². The van der Waals surface area contributed by atoms with Gasteiger partial charge >= 0.3 is 0 Å². The van der Waals surface area contributed by atoms with Crippen molar-refractivity contribution in [3.05, 3.63) is 42.0 Å². The summed E-state index contributed by atoms with van der Waals surface area (Å²) in [4.78, 5) is 10.0. The van der Waals surface area contributed by atoms with Gasteiger partial charge in [0.05, 0.1) is 25.7 Å². The molecule has 5 heteroatoms. The lowest BCUT2D eigenvalue weighted by atomic mass is 9.97. The lowest BCUT2D eigenvalue weighted by molar-refractivity contribution is 0.135. The molecule has 1 aromatic heterocycles. The maximum Gasteiger partial charge on any atom is 0.119 e. The van der Waals surface area contributed by atoms with E-state index in [2.05, 4.69) is 21.8 Å². The van der Waals surface area contributed by atoms with Crippen molar-refractivity contribution in [3.8, 4) is 11.5 Å². The molecule has 1 aliphatic rings. The number of likely N-dealkylation sites (tertiary alicyclic amines) is 1. The fourth-order valence-electron chi connectivity index (χ4n) is 2.96. The molecule has 0 amide bonds. The van der Waals surface area contributed by atoms with Crippen LogP contribution in [0.25, 0.3) is 0 Å². The Morgan fingerprint density at radius 1 is 1.17 bits per heavy atom. The highest BCUT2D eigenvalue weighted by Gasteiger charge is 2.20. The second kappa shape index (κ2) is 7.51. The van der Waals surface area contributed by atoms with E-state index in [-0.39, 0.29) is 0 Å². The standard InChI is InChI=1S/C18H25N3O2/c1-14-18(20-13-19-14)11-21-9-7-15(8-10-21)12-23-17-5-3-16(22-2)4-6-17/h3-6,13,15H,7-12H2,1-2H3,(H,19,20). The number of ether oxygens (including phenoxy) is 2. The average molecular weight is 315 g/mol.